The number of nitrogens with zero attached hydrogens (tertiary/aromatic N) is 1. The minimum atomic E-state index is -0.220. The molecule has 0 aliphatic heterocycles. The quantitative estimate of drug-likeness (QED) is 0.909. The van der Waals surface area contributed by atoms with E-state index in [2.05, 4.69) is 21.6 Å². The molecular weight excluding hydrogens is 298 g/mol. The van der Waals surface area contributed by atoms with Crippen LogP contribution in [0, 0.1) is 13.8 Å². The Morgan fingerprint density at radius 2 is 2.23 bits per heavy atom. The van der Waals surface area contributed by atoms with Crippen molar-refractivity contribution >= 4 is 17.5 Å². The van der Waals surface area contributed by atoms with Gasteiger partial charge in [-0.1, -0.05) is 23.7 Å². The highest BCUT2D eigenvalue weighted by Crippen LogP contribution is 2.36. The van der Waals surface area contributed by atoms with Crippen molar-refractivity contribution in [2.45, 2.75) is 45.6 Å². The molecule has 0 bridgehead atoms. The molecule has 116 valence electrons. The maximum absolute atomic E-state index is 12.6. The van der Waals surface area contributed by atoms with E-state index in [4.69, 9.17) is 11.6 Å². The van der Waals surface area contributed by atoms with Gasteiger partial charge in [-0.25, -0.2) is 0 Å². The van der Waals surface area contributed by atoms with Crippen molar-refractivity contribution in [1.82, 2.24) is 15.5 Å². The molecule has 2 N–H and O–H groups in total. The number of H-pyrrole nitrogens is 1. The highest BCUT2D eigenvalue weighted by Gasteiger charge is 2.28. The molecule has 4 nitrogen and oxygen atoms in total. The molecule has 0 spiro atoms. The zero-order valence-electron chi connectivity index (χ0n) is 13.0. The van der Waals surface area contributed by atoms with Gasteiger partial charge < -0.3 is 5.32 Å². The van der Waals surface area contributed by atoms with Crippen LogP contribution in [0.3, 0.4) is 0 Å². The predicted molar refractivity (Wildman–Crippen MR) is 87.1 cm³/mol. The number of halogens is 1. The average Bonchev–Trinajstić information content (AvgIpc) is 3.04. The number of hydrogen-bond acceptors (Lipinski definition) is 2. The Labute approximate surface area is 135 Å². The van der Waals surface area contributed by atoms with E-state index in [1.165, 1.54) is 0 Å². The van der Waals surface area contributed by atoms with Crippen molar-refractivity contribution in [2.24, 2.45) is 0 Å². The fourth-order valence-corrected chi connectivity index (χ4v) is 3.66. The summed E-state index contributed by atoms with van der Waals surface area (Å²) in [6.07, 6.45) is 1.82. The smallest absolute Gasteiger partial charge is 0.227 e. The van der Waals surface area contributed by atoms with Gasteiger partial charge in [0.25, 0.3) is 0 Å². The Kier molecular flexibility index (Phi) is 3.96. The molecule has 1 heterocycles. The molecule has 0 unspecified atom stereocenters. The molecule has 1 aliphatic rings. The van der Waals surface area contributed by atoms with Crippen molar-refractivity contribution in [1.29, 1.82) is 0 Å². The van der Waals surface area contributed by atoms with Gasteiger partial charge in [0.05, 0.1) is 17.7 Å². The van der Waals surface area contributed by atoms with Gasteiger partial charge in [-0.2, -0.15) is 5.10 Å². The largest absolute Gasteiger partial charge is 0.349 e. The highest BCUT2D eigenvalue weighted by atomic mass is 35.5. The molecule has 2 atom stereocenters. The number of amides is 1. The van der Waals surface area contributed by atoms with Crippen molar-refractivity contribution in [3.8, 4) is 0 Å². The normalized spacial score (nSPS) is 18.1. The topological polar surface area (TPSA) is 57.8 Å². The Hall–Kier alpha value is -1.81. The summed E-state index contributed by atoms with van der Waals surface area (Å²) in [5, 5.41) is 11.1. The lowest BCUT2D eigenvalue weighted by Crippen LogP contribution is -2.31. The van der Waals surface area contributed by atoms with Crippen LogP contribution >= 0.6 is 11.6 Å². The minimum Gasteiger partial charge on any atom is -0.349 e. The number of hydrogen-bond donors (Lipinski definition) is 2. The van der Waals surface area contributed by atoms with Crippen molar-refractivity contribution in [3.05, 3.63) is 51.3 Å². The number of aromatic amines is 1. The van der Waals surface area contributed by atoms with Crippen molar-refractivity contribution < 1.29 is 4.79 Å². The van der Waals surface area contributed by atoms with E-state index in [0.29, 0.717) is 0 Å². The Balaban J connectivity index is 1.78. The summed E-state index contributed by atoms with van der Waals surface area (Å²) in [4.78, 5) is 12.6. The Bertz CT molecular complexity index is 703. The van der Waals surface area contributed by atoms with Crippen LogP contribution in [0.15, 0.2) is 18.2 Å². The summed E-state index contributed by atoms with van der Waals surface area (Å²) in [5.41, 5.74) is 5.14. The third kappa shape index (κ3) is 2.52. The lowest BCUT2D eigenvalue weighted by Gasteiger charge is -2.18. The minimum absolute atomic E-state index is 0.0328. The van der Waals surface area contributed by atoms with Crippen molar-refractivity contribution in [2.75, 3.05) is 0 Å². The van der Waals surface area contributed by atoms with E-state index in [9.17, 15) is 4.79 Å². The molecule has 1 aromatic carbocycles. The second-order valence-corrected chi connectivity index (χ2v) is 6.38. The van der Waals surface area contributed by atoms with Gasteiger partial charge in [-0.15, -0.1) is 0 Å². The highest BCUT2D eigenvalue weighted by molar-refractivity contribution is 6.31. The van der Waals surface area contributed by atoms with Crippen LogP contribution < -0.4 is 5.32 Å². The Morgan fingerprint density at radius 3 is 2.91 bits per heavy atom. The molecule has 0 radical (unpaired) electrons. The molecule has 1 amide bonds. The molecule has 0 saturated carbocycles. The molecule has 1 aromatic heterocycles. The van der Waals surface area contributed by atoms with Gasteiger partial charge in [0.1, 0.15) is 0 Å². The standard InChI is InChI=1S/C17H20ClN3O/c1-9(16-10(2)20-21-11(16)3)17(22)19-15-8-7-12-13(15)5-4-6-14(12)18/h4-6,9,15H,7-8H2,1-3H3,(H,19,22)(H,20,21)/t9-,15+/m1/s1. The van der Waals surface area contributed by atoms with Crippen LogP contribution in [0.2, 0.25) is 5.02 Å². The molecule has 2 aromatic rings. The molecule has 3 rings (SSSR count). The molecule has 5 heteroatoms. The zero-order valence-corrected chi connectivity index (χ0v) is 13.8. The average molecular weight is 318 g/mol. The summed E-state index contributed by atoms with van der Waals surface area (Å²) >= 11 is 6.23. The lowest BCUT2D eigenvalue weighted by molar-refractivity contribution is -0.123. The second kappa shape index (κ2) is 5.76. The summed E-state index contributed by atoms with van der Waals surface area (Å²) < 4.78 is 0. The van der Waals surface area contributed by atoms with E-state index < -0.39 is 0 Å². The fraction of sp³-hybridized carbons (Fsp3) is 0.412. The molecule has 0 saturated heterocycles. The van der Waals surface area contributed by atoms with Crippen LogP contribution in [-0.4, -0.2) is 16.1 Å². The number of carbonyl (C=O) groups excluding carboxylic acids is 1. The molecule has 1 aliphatic carbocycles. The van der Waals surface area contributed by atoms with Gasteiger partial charge in [0, 0.05) is 16.3 Å². The van der Waals surface area contributed by atoms with Crippen molar-refractivity contribution in [3.63, 3.8) is 0 Å². The van der Waals surface area contributed by atoms with Crippen LogP contribution in [-0.2, 0) is 11.2 Å². The first-order chi connectivity index (χ1) is 10.5. The van der Waals surface area contributed by atoms with Crippen LogP contribution in [0.25, 0.3) is 0 Å². The second-order valence-electron chi connectivity index (χ2n) is 5.98. The first-order valence-electron chi connectivity index (χ1n) is 7.58. The lowest BCUT2D eigenvalue weighted by atomic mass is 9.97. The van der Waals surface area contributed by atoms with E-state index in [1.54, 1.807) is 0 Å². The Morgan fingerprint density at radius 1 is 1.45 bits per heavy atom. The summed E-state index contributed by atoms with van der Waals surface area (Å²) in [5.74, 6) is -0.188. The zero-order chi connectivity index (χ0) is 15.9. The predicted octanol–water partition coefficient (Wildman–Crippen LogP) is 3.59. The number of benzene rings is 1. The van der Waals surface area contributed by atoms with Crippen LogP contribution in [0.4, 0.5) is 0 Å². The summed E-state index contributed by atoms with van der Waals surface area (Å²) in [6, 6.07) is 5.96. The van der Waals surface area contributed by atoms with Gasteiger partial charge in [0.15, 0.2) is 0 Å². The third-order valence-corrected chi connectivity index (χ3v) is 4.90. The first kappa shape index (κ1) is 15.1. The number of fused-ring (bicyclic) bond motifs is 1. The summed E-state index contributed by atoms with van der Waals surface area (Å²) in [7, 11) is 0. The van der Waals surface area contributed by atoms with E-state index in [-0.39, 0.29) is 17.9 Å². The third-order valence-electron chi connectivity index (χ3n) is 4.54. The van der Waals surface area contributed by atoms with Gasteiger partial charge in [-0.05, 0) is 50.8 Å². The van der Waals surface area contributed by atoms with Crippen LogP contribution in [0.1, 0.15) is 53.4 Å². The number of aryl methyl sites for hydroxylation is 2. The monoisotopic (exact) mass is 317 g/mol. The number of carbonyl (C=O) groups is 1. The van der Waals surface area contributed by atoms with Gasteiger partial charge in [0.2, 0.25) is 5.91 Å². The molecule has 0 fully saturated rings. The van der Waals surface area contributed by atoms with Crippen LogP contribution in [0.5, 0.6) is 0 Å². The first-order valence-corrected chi connectivity index (χ1v) is 7.96. The SMILES string of the molecule is Cc1n[nH]c(C)c1[C@@H](C)C(=O)N[C@H]1CCc2c(Cl)cccc21. The number of nitrogens with one attached hydrogen (secondary N) is 2. The van der Waals surface area contributed by atoms with Gasteiger partial charge in [-0.3, -0.25) is 9.89 Å². The molecular formula is C17H20ClN3O. The van der Waals surface area contributed by atoms with E-state index >= 15 is 0 Å². The fourth-order valence-electron chi connectivity index (χ4n) is 3.39. The number of aromatic nitrogens is 2. The van der Waals surface area contributed by atoms with E-state index in [1.807, 2.05) is 32.9 Å². The van der Waals surface area contributed by atoms with Gasteiger partial charge >= 0.3 is 0 Å². The maximum Gasteiger partial charge on any atom is 0.227 e. The molecule has 22 heavy (non-hydrogen) atoms. The number of rotatable bonds is 3. The summed E-state index contributed by atoms with van der Waals surface area (Å²) in [6.45, 7) is 5.80. The maximum atomic E-state index is 12.6. The van der Waals surface area contributed by atoms with E-state index in [0.717, 1.165) is 45.9 Å².